The summed E-state index contributed by atoms with van der Waals surface area (Å²) in [5, 5.41) is 15.4. The first-order valence-electron chi connectivity index (χ1n) is 13.8. The highest BCUT2D eigenvalue weighted by Crippen LogP contribution is 2.79. The maximum atomic E-state index is 13.7. The minimum atomic E-state index is -4.41. The topological polar surface area (TPSA) is 142 Å². The molecule has 1 heterocycles. The number of β-amino-alcohol motifs (C(OH)–C–C–N with tert-alkyl or cyclic N) is 1. The zero-order valence-electron chi connectivity index (χ0n) is 23.0. The summed E-state index contributed by atoms with van der Waals surface area (Å²) in [6.07, 6.45) is -6.41. The summed E-state index contributed by atoms with van der Waals surface area (Å²) in [6, 6.07) is 13.5. The number of alkyl halides is 3. The summed E-state index contributed by atoms with van der Waals surface area (Å²) in [4.78, 5) is 52.3. The van der Waals surface area contributed by atoms with Crippen molar-refractivity contribution in [2.24, 2.45) is 16.6 Å². The lowest BCUT2D eigenvalue weighted by atomic mass is 9.32. The van der Waals surface area contributed by atoms with E-state index in [0.717, 1.165) is 28.5 Å². The van der Waals surface area contributed by atoms with Gasteiger partial charge in [0.15, 0.2) is 0 Å². The van der Waals surface area contributed by atoms with Gasteiger partial charge in [-0.1, -0.05) is 54.6 Å². The second-order valence-electron chi connectivity index (χ2n) is 11.9. The van der Waals surface area contributed by atoms with Crippen LogP contribution in [0, 0.1) is 10.8 Å². The number of aliphatic hydroxyl groups is 1. The molecule has 4 fully saturated rings. The molecule has 5 N–H and O–H groups in total. The third-order valence-electron chi connectivity index (χ3n) is 8.91. The van der Waals surface area contributed by atoms with E-state index in [2.05, 4.69) is 10.6 Å². The van der Waals surface area contributed by atoms with Gasteiger partial charge in [-0.05, 0) is 36.0 Å². The molecule has 3 saturated carbocycles. The predicted molar refractivity (Wildman–Crippen MR) is 145 cm³/mol. The Balaban J connectivity index is 1.28. The van der Waals surface area contributed by atoms with Crippen molar-refractivity contribution in [1.82, 2.24) is 15.5 Å². The van der Waals surface area contributed by atoms with Gasteiger partial charge in [0.25, 0.3) is 0 Å². The molecule has 2 bridgehead atoms. The molecular formula is C30H33F3N4O5. The lowest BCUT2D eigenvalue weighted by Crippen LogP contribution is -2.76. The third-order valence-corrected chi connectivity index (χ3v) is 8.91. The Morgan fingerprint density at radius 1 is 1.00 bits per heavy atom. The molecule has 4 amide bonds. The predicted octanol–water partition coefficient (Wildman–Crippen LogP) is 2.07. The Bertz CT molecular complexity index is 1360. The van der Waals surface area contributed by atoms with Gasteiger partial charge in [0.2, 0.25) is 23.6 Å². The second-order valence-corrected chi connectivity index (χ2v) is 11.9. The van der Waals surface area contributed by atoms with E-state index in [1.54, 1.807) is 0 Å². The van der Waals surface area contributed by atoms with Gasteiger partial charge in [-0.2, -0.15) is 13.2 Å². The van der Waals surface area contributed by atoms with Crippen LogP contribution in [0.5, 0.6) is 0 Å². The molecule has 3 aliphatic carbocycles. The number of likely N-dealkylation sites (tertiary alicyclic amines) is 1. The average molecular weight is 587 g/mol. The van der Waals surface area contributed by atoms with Gasteiger partial charge in [-0.25, -0.2) is 0 Å². The lowest BCUT2D eigenvalue weighted by Gasteiger charge is -2.72. The van der Waals surface area contributed by atoms with E-state index in [0.29, 0.717) is 0 Å². The third kappa shape index (κ3) is 5.35. The van der Waals surface area contributed by atoms with Crippen LogP contribution >= 0.6 is 0 Å². The molecular weight excluding hydrogens is 553 g/mol. The molecule has 0 aromatic heterocycles. The van der Waals surface area contributed by atoms with E-state index in [1.165, 1.54) is 0 Å². The second kappa shape index (κ2) is 10.7. The fourth-order valence-corrected chi connectivity index (χ4v) is 6.82. The SMILES string of the molecule is CC(=O)NC(C(=O)N1C[C@H](O)C[C@H]1C(=O)N[C@H](Cc1ccc(-c2ccccc2)cc1)C(N)=O)C12CC(C(F)(F)F)(C1)C2. The summed E-state index contributed by atoms with van der Waals surface area (Å²) < 4.78 is 40.4. The van der Waals surface area contributed by atoms with Crippen LogP contribution in [-0.4, -0.2) is 70.6 Å². The number of nitrogens with two attached hydrogens (primary N) is 1. The van der Waals surface area contributed by atoms with Gasteiger partial charge in [0.05, 0.1) is 11.5 Å². The van der Waals surface area contributed by atoms with Gasteiger partial charge in [0, 0.05) is 31.7 Å². The summed E-state index contributed by atoms with van der Waals surface area (Å²) in [5.74, 6) is -2.85. The zero-order valence-corrected chi connectivity index (χ0v) is 23.0. The summed E-state index contributed by atoms with van der Waals surface area (Å²) >= 11 is 0. The van der Waals surface area contributed by atoms with Gasteiger partial charge >= 0.3 is 6.18 Å². The van der Waals surface area contributed by atoms with E-state index in [1.807, 2.05) is 54.6 Å². The molecule has 2 aromatic carbocycles. The maximum absolute atomic E-state index is 13.7. The standard InChI is InChI=1S/C30H33F3N4O5/c1-17(38)35-24(28-14-29(15-28,16-28)30(31,32)33)27(42)37-13-21(39)12-23(37)26(41)36-22(25(34)40)11-18-7-9-20(10-8-18)19-5-3-2-4-6-19/h2-10,21-24,39H,11-16H2,1H3,(H2,34,40)(H,35,38)(H,36,41)/t21-,22-,23+,24?,28?,29?/m1/s1. The fraction of sp³-hybridized carbons (Fsp3) is 0.467. The number of primary amides is 1. The van der Waals surface area contributed by atoms with Gasteiger partial charge in [-0.3, -0.25) is 19.2 Å². The molecule has 4 aliphatic rings. The van der Waals surface area contributed by atoms with Crippen molar-refractivity contribution in [3.8, 4) is 11.1 Å². The van der Waals surface area contributed by atoms with Crippen molar-refractivity contribution in [1.29, 1.82) is 0 Å². The van der Waals surface area contributed by atoms with Crippen molar-refractivity contribution >= 4 is 23.6 Å². The number of amides is 4. The minimum absolute atomic E-state index is 0.0799. The van der Waals surface area contributed by atoms with Crippen LogP contribution in [0.1, 0.15) is 38.2 Å². The highest BCUT2D eigenvalue weighted by atomic mass is 19.4. The van der Waals surface area contributed by atoms with Crippen molar-refractivity contribution in [3.05, 3.63) is 60.2 Å². The minimum Gasteiger partial charge on any atom is -0.391 e. The lowest BCUT2D eigenvalue weighted by molar-refractivity contribution is -0.367. The van der Waals surface area contributed by atoms with Crippen molar-refractivity contribution in [2.75, 3.05) is 6.54 Å². The number of hydrogen-bond donors (Lipinski definition) is 4. The fourth-order valence-electron chi connectivity index (χ4n) is 6.82. The molecule has 4 atom stereocenters. The van der Waals surface area contributed by atoms with Crippen LogP contribution in [0.4, 0.5) is 13.2 Å². The van der Waals surface area contributed by atoms with Crippen LogP contribution in [0.15, 0.2) is 54.6 Å². The van der Waals surface area contributed by atoms with E-state index in [-0.39, 0.29) is 38.6 Å². The highest BCUT2D eigenvalue weighted by molar-refractivity contribution is 5.95. The van der Waals surface area contributed by atoms with Crippen LogP contribution in [0.25, 0.3) is 11.1 Å². The number of halogens is 3. The van der Waals surface area contributed by atoms with Crippen molar-refractivity contribution < 1.29 is 37.5 Å². The molecule has 2 aromatic rings. The van der Waals surface area contributed by atoms with E-state index < -0.39 is 64.9 Å². The molecule has 6 rings (SSSR count). The zero-order chi connectivity index (χ0) is 30.4. The molecule has 12 heteroatoms. The Morgan fingerprint density at radius 2 is 1.60 bits per heavy atom. The van der Waals surface area contributed by atoms with E-state index in [9.17, 15) is 37.5 Å². The van der Waals surface area contributed by atoms with Crippen LogP contribution < -0.4 is 16.4 Å². The number of rotatable bonds is 9. The molecule has 1 aliphatic heterocycles. The number of carbonyl (C=O) groups is 4. The molecule has 9 nitrogen and oxygen atoms in total. The van der Waals surface area contributed by atoms with Crippen LogP contribution in [0.3, 0.4) is 0 Å². The molecule has 0 spiro atoms. The van der Waals surface area contributed by atoms with E-state index >= 15 is 0 Å². The highest BCUT2D eigenvalue weighted by Gasteiger charge is 2.81. The average Bonchev–Trinajstić information content (AvgIpc) is 3.27. The molecule has 1 saturated heterocycles. The summed E-state index contributed by atoms with van der Waals surface area (Å²) in [6.45, 7) is 0.924. The van der Waals surface area contributed by atoms with Crippen molar-refractivity contribution in [3.63, 3.8) is 0 Å². The normalized spacial score (nSPS) is 27.7. The number of nitrogens with one attached hydrogen (secondary N) is 2. The Hall–Kier alpha value is -3.93. The largest absolute Gasteiger partial charge is 0.394 e. The molecule has 1 unspecified atom stereocenters. The quantitative estimate of drug-likeness (QED) is 0.356. The first-order valence-corrected chi connectivity index (χ1v) is 13.8. The Kier molecular flexibility index (Phi) is 7.55. The van der Waals surface area contributed by atoms with Crippen molar-refractivity contribution in [2.45, 2.75) is 69.4 Å². The Morgan fingerprint density at radius 3 is 2.14 bits per heavy atom. The molecule has 224 valence electrons. The smallest absolute Gasteiger partial charge is 0.391 e. The van der Waals surface area contributed by atoms with Gasteiger partial charge in [0.1, 0.15) is 18.1 Å². The maximum Gasteiger partial charge on any atom is 0.394 e. The number of nitrogens with zero attached hydrogens (tertiary/aromatic N) is 1. The van der Waals surface area contributed by atoms with Crippen LogP contribution in [-0.2, 0) is 25.6 Å². The molecule has 42 heavy (non-hydrogen) atoms. The van der Waals surface area contributed by atoms with E-state index in [4.69, 9.17) is 5.73 Å². The monoisotopic (exact) mass is 586 g/mol. The number of carbonyl (C=O) groups excluding carboxylic acids is 4. The summed E-state index contributed by atoms with van der Waals surface area (Å²) in [5.41, 5.74) is 5.39. The number of benzene rings is 2. The first-order chi connectivity index (χ1) is 19.7. The number of aliphatic hydroxyl groups excluding tert-OH is 1. The Labute approximate surface area is 240 Å². The molecule has 0 radical (unpaired) electrons. The van der Waals surface area contributed by atoms with Crippen LogP contribution in [0.2, 0.25) is 0 Å². The van der Waals surface area contributed by atoms with Gasteiger partial charge < -0.3 is 26.4 Å². The number of hydrogen-bond acceptors (Lipinski definition) is 5. The first kappa shape index (κ1) is 29.6. The summed E-state index contributed by atoms with van der Waals surface area (Å²) in [7, 11) is 0. The van der Waals surface area contributed by atoms with Gasteiger partial charge in [-0.15, -0.1) is 0 Å².